The third-order valence-corrected chi connectivity index (χ3v) is 2.91. The summed E-state index contributed by atoms with van der Waals surface area (Å²) in [6.45, 7) is 5.53. The Morgan fingerprint density at radius 3 is 1.90 bits per heavy atom. The summed E-state index contributed by atoms with van der Waals surface area (Å²) < 4.78 is 37.6. The van der Waals surface area contributed by atoms with Crippen LogP contribution < -0.4 is 0 Å². The van der Waals surface area contributed by atoms with Gasteiger partial charge in [0, 0.05) is 0 Å². The fraction of sp³-hybridized carbons (Fsp3) is 0.294. The molecule has 0 N–H and O–H groups in total. The quantitative estimate of drug-likeness (QED) is 0.694. The molecule has 0 aromatic heterocycles. The maximum Gasteiger partial charge on any atom is 0.159 e. The molecule has 3 heteroatoms. The smallest absolute Gasteiger partial charge is 0.159 e. The van der Waals surface area contributed by atoms with Crippen molar-refractivity contribution in [2.45, 2.75) is 33.6 Å². The Balaban J connectivity index is 0.000000204. The molecule has 0 atom stereocenters. The molecule has 0 aliphatic rings. The first-order valence-electron chi connectivity index (χ1n) is 6.61. The van der Waals surface area contributed by atoms with Crippen molar-refractivity contribution >= 4 is 0 Å². The van der Waals surface area contributed by atoms with Gasteiger partial charge in [-0.3, -0.25) is 0 Å². The molecule has 20 heavy (non-hydrogen) atoms. The molecule has 0 radical (unpaired) electrons. The van der Waals surface area contributed by atoms with Crippen molar-refractivity contribution in [2.75, 3.05) is 0 Å². The van der Waals surface area contributed by atoms with Crippen LogP contribution in [0.3, 0.4) is 0 Å². The first-order valence-corrected chi connectivity index (χ1v) is 6.61. The van der Waals surface area contributed by atoms with E-state index < -0.39 is 11.6 Å². The van der Waals surface area contributed by atoms with Gasteiger partial charge in [-0.05, 0) is 49.1 Å². The van der Waals surface area contributed by atoms with Gasteiger partial charge in [0.2, 0.25) is 0 Å². The number of rotatable bonds is 2. The van der Waals surface area contributed by atoms with E-state index in [4.69, 9.17) is 0 Å². The molecule has 0 heterocycles. The second-order valence-electron chi connectivity index (χ2n) is 4.70. The first-order chi connectivity index (χ1) is 9.45. The summed E-state index contributed by atoms with van der Waals surface area (Å²) in [6.07, 6.45) is 1.75. The zero-order valence-corrected chi connectivity index (χ0v) is 12.0. The van der Waals surface area contributed by atoms with Crippen LogP contribution in [-0.4, -0.2) is 0 Å². The minimum atomic E-state index is -0.773. The first kappa shape index (κ1) is 16.3. The van der Waals surface area contributed by atoms with Crippen LogP contribution in [0.4, 0.5) is 13.2 Å². The molecule has 0 aliphatic heterocycles. The molecular weight excluding hydrogens is 261 g/mol. The van der Waals surface area contributed by atoms with Crippen molar-refractivity contribution in [3.8, 4) is 0 Å². The van der Waals surface area contributed by atoms with E-state index >= 15 is 0 Å². The lowest BCUT2D eigenvalue weighted by molar-refractivity contribution is 0.507. The van der Waals surface area contributed by atoms with E-state index in [1.54, 1.807) is 32.0 Å². The molecule has 0 aliphatic carbocycles. The molecule has 0 saturated heterocycles. The third kappa shape index (κ3) is 4.72. The normalized spacial score (nSPS) is 9.90. The average Bonchev–Trinajstić information content (AvgIpc) is 2.41. The second-order valence-corrected chi connectivity index (χ2v) is 4.70. The van der Waals surface area contributed by atoms with E-state index in [1.807, 2.05) is 13.0 Å². The Morgan fingerprint density at radius 2 is 1.45 bits per heavy atom. The average molecular weight is 280 g/mol. The van der Waals surface area contributed by atoms with Gasteiger partial charge in [-0.25, -0.2) is 13.2 Å². The van der Waals surface area contributed by atoms with Crippen LogP contribution in [0.15, 0.2) is 36.4 Å². The predicted molar refractivity (Wildman–Crippen MR) is 76.2 cm³/mol. The number of aryl methyl sites for hydroxylation is 3. The van der Waals surface area contributed by atoms with Gasteiger partial charge in [0.1, 0.15) is 5.82 Å². The maximum atomic E-state index is 12.7. The van der Waals surface area contributed by atoms with E-state index in [9.17, 15) is 13.2 Å². The highest BCUT2D eigenvalue weighted by atomic mass is 19.2. The van der Waals surface area contributed by atoms with E-state index in [0.29, 0.717) is 0 Å². The van der Waals surface area contributed by atoms with Gasteiger partial charge < -0.3 is 0 Å². The molecule has 0 bridgehead atoms. The van der Waals surface area contributed by atoms with Crippen molar-refractivity contribution in [1.29, 1.82) is 0 Å². The Morgan fingerprint density at radius 1 is 0.850 bits per heavy atom. The largest absolute Gasteiger partial charge is 0.206 e. The molecular formula is C17H19F3. The SMILES string of the molecule is CCCc1ccc(F)c(F)c1.Cc1cccc(C)c1F. The van der Waals surface area contributed by atoms with Crippen LogP contribution >= 0.6 is 0 Å². The molecule has 108 valence electrons. The molecule has 0 spiro atoms. The van der Waals surface area contributed by atoms with Gasteiger partial charge >= 0.3 is 0 Å². The summed E-state index contributed by atoms with van der Waals surface area (Å²) >= 11 is 0. The summed E-state index contributed by atoms with van der Waals surface area (Å²) in [5, 5.41) is 0. The lowest BCUT2D eigenvalue weighted by Gasteiger charge is -1.98. The van der Waals surface area contributed by atoms with Crippen molar-refractivity contribution in [1.82, 2.24) is 0 Å². The molecule has 0 saturated carbocycles. The standard InChI is InChI=1S/C9H10F2.C8H9F/c1-2-3-7-4-5-8(10)9(11)6-7;1-6-4-3-5-7(2)8(6)9/h4-6H,2-3H2,1H3;3-5H,1-2H3. The van der Waals surface area contributed by atoms with Crippen LogP contribution in [0.1, 0.15) is 30.0 Å². The Hall–Kier alpha value is -1.77. The minimum absolute atomic E-state index is 0.0856. The summed E-state index contributed by atoms with van der Waals surface area (Å²) in [7, 11) is 0. The fourth-order valence-corrected chi connectivity index (χ4v) is 1.78. The number of hydrogen-bond acceptors (Lipinski definition) is 0. The lowest BCUT2D eigenvalue weighted by Crippen LogP contribution is -1.88. The highest BCUT2D eigenvalue weighted by molar-refractivity contribution is 5.23. The zero-order valence-electron chi connectivity index (χ0n) is 12.0. The zero-order chi connectivity index (χ0) is 15.1. The number of benzene rings is 2. The third-order valence-electron chi connectivity index (χ3n) is 2.91. The van der Waals surface area contributed by atoms with Gasteiger partial charge in [0.15, 0.2) is 11.6 Å². The minimum Gasteiger partial charge on any atom is -0.206 e. The van der Waals surface area contributed by atoms with E-state index in [2.05, 4.69) is 0 Å². The lowest BCUT2D eigenvalue weighted by atomic mass is 10.1. The Kier molecular flexibility index (Phi) is 6.29. The second kappa shape index (κ2) is 7.73. The van der Waals surface area contributed by atoms with Gasteiger partial charge in [0.25, 0.3) is 0 Å². The highest BCUT2D eigenvalue weighted by Crippen LogP contribution is 2.10. The highest BCUT2D eigenvalue weighted by Gasteiger charge is 2.00. The monoisotopic (exact) mass is 280 g/mol. The molecule has 2 aromatic rings. The van der Waals surface area contributed by atoms with E-state index in [-0.39, 0.29) is 5.82 Å². The van der Waals surface area contributed by atoms with Crippen molar-refractivity contribution in [2.24, 2.45) is 0 Å². The molecule has 0 amide bonds. The van der Waals surface area contributed by atoms with Gasteiger partial charge in [-0.1, -0.05) is 37.6 Å². The maximum absolute atomic E-state index is 12.7. The Labute approximate surface area is 118 Å². The Bertz CT molecular complexity index is 542. The van der Waals surface area contributed by atoms with Crippen molar-refractivity contribution in [3.63, 3.8) is 0 Å². The van der Waals surface area contributed by atoms with Crippen LogP contribution in [-0.2, 0) is 6.42 Å². The molecule has 0 fully saturated rings. The van der Waals surface area contributed by atoms with Crippen molar-refractivity contribution in [3.05, 3.63) is 70.5 Å². The van der Waals surface area contributed by atoms with Gasteiger partial charge in [-0.2, -0.15) is 0 Å². The topological polar surface area (TPSA) is 0 Å². The van der Waals surface area contributed by atoms with Crippen LogP contribution in [0, 0.1) is 31.3 Å². The summed E-state index contributed by atoms with van der Waals surface area (Å²) in [5.41, 5.74) is 2.29. The van der Waals surface area contributed by atoms with Gasteiger partial charge in [0.05, 0.1) is 0 Å². The van der Waals surface area contributed by atoms with E-state index in [0.717, 1.165) is 29.5 Å². The molecule has 2 aromatic carbocycles. The van der Waals surface area contributed by atoms with Crippen LogP contribution in [0.5, 0.6) is 0 Å². The predicted octanol–water partition coefficient (Wildman–Crippen LogP) is 5.36. The fourth-order valence-electron chi connectivity index (χ4n) is 1.78. The molecule has 0 unspecified atom stereocenters. The number of halogens is 3. The molecule has 0 nitrogen and oxygen atoms in total. The van der Waals surface area contributed by atoms with E-state index in [1.165, 1.54) is 12.1 Å². The van der Waals surface area contributed by atoms with Crippen LogP contribution in [0.2, 0.25) is 0 Å². The summed E-state index contributed by atoms with van der Waals surface area (Å²) in [4.78, 5) is 0. The molecule has 2 rings (SSSR count). The van der Waals surface area contributed by atoms with Gasteiger partial charge in [-0.15, -0.1) is 0 Å². The van der Waals surface area contributed by atoms with Crippen LogP contribution in [0.25, 0.3) is 0 Å². The number of hydrogen-bond donors (Lipinski definition) is 0. The van der Waals surface area contributed by atoms with Crippen molar-refractivity contribution < 1.29 is 13.2 Å². The summed E-state index contributed by atoms with van der Waals surface area (Å²) in [5.74, 6) is -1.61. The summed E-state index contributed by atoms with van der Waals surface area (Å²) in [6, 6.07) is 9.42.